The van der Waals surface area contributed by atoms with Crippen molar-refractivity contribution < 1.29 is 17.3 Å². The molecule has 0 saturated heterocycles. The number of thiol groups is 1. The van der Waals surface area contributed by atoms with Crippen molar-refractivity contribution in [3.8, 4) is 0 Å². The number of ether oxygens (including phenoxy) is 1. The van der Waals surface area contributed by atoms with Crippen LogP contribution in [0.4, 0.5) is 0 Å². The van der Waals surface area contributed by atoms with E-state index in [1.165, 1.54) is 0 Å². The van der Waals surface area contributed by atoms with E-state index >= 15 is 0 Å². The molecule has 58 valence electrons. The Morgan fingerprint density at radius 2 is 2.00 bits per heavy atom. The van der Waals surface area contributed by atoms with E-state index in [-0.39, 0.29) is 12.9 Å². The second-order valence-corrected chi connectivity index (χ2v) is 1.67. The molecule has 0 aliphatic rings. The van der Waals surface area contributed by atoms with Crippen molar-refractivity contribution in [2.75, 3.05) is 13.4 Å². The van der Waals surface area contributed by atoms with Crippen LogP contribution in [0, 0.1) is 0 Å². The number of hydrogen-bond acceptors (Lipinski definition) is 5. The molecule has 0 spiro atoms. The molecule has 0 rings (SSSR count). The van der Waals surface area contributed by atoms with Gasteiger partial charge >= 0.3 is 0 Å². The van der Waals surface area contributed by atoms with Crippen LogP contribution < -0.4 is 6.15 Å². The Morgan fingerprint density at radius 1 is 1.44 bits per heavy atom. The molecule has 0 fully saturated rings. The molecule has 0 atom stereocenters. The van der Waals surface area contributed by atoms with Crippen LogP contribution in [0.5, 0.6) is 0 Å². The van der Waals surface area contributed by atoms with Gasteiger partial charge in [-0.2, -0.15) is 0 Å². The van der Waals surface area contributed by atoms with Crippen LogP contribution >= 0.6 is 0 Å². The Kier molecular flexibility index (Phi) is 10.1. The predicted molar refractivity (Wildman–Crippen MR) is 32.9 cm³/mol. The summed E-state index contributed by atoms with van der Waals surface area (Å²) in [5, 5.41) is 0. The van der Waals surface area contributed by atoms with Crippen molar-refractivity contribution in [3.63, 3.8) is 0 Å². The average molecular weight is 157 g/mol. The van der Waals surface area contributed by atoms with Gasteiger partial charge in [-0.1, -0.05) is 0 Å². The lowest BCUT2D eigenvalue weighted by Crippen LogP contribution is -1.96. The summed E-state index contributed by atoms with van der Waals surface area (Å²) in [7, 11) is -2.74. The first-order chi connectivity index (χ1) is 3.77. The molecule has 0 bridgehead atoms. The highest BCUT2D eigenvalue weighted by atomic mass is 32.2. The van der Waals surface area contributed by atoms with Gasteiger partial charge in [0.05, 0.1) is 0 Å². The van der Waals surface area contributed by atoms with Gasteiger partial charge < -0.3 is 10.9 Å². The molecule has 0 amide bonds. The third kappa shape index (κ3) is 11.4. The van der Waals surface area contributed by atoms with Gasteiger partial charge in [0.1, 0.15) is 0 Å². The van der Waals surface area contributed by atoms with Gasteiger partial charge in [0.25, 0.3) is 11.0 Å². The van der Waals surface area contributed by atoms with Crippen LogP contribution in [-0.2, 0) is 19.9 Å². The smallest absolute Gasteiger partial charge is 0.259 e. The van der Waals surface area contributed by atoms with Gasteiger partial charge in [-0.25, -0.2) is 12.6 Å². The molecular weight excluding hydrogens is 146 g/mol. The van der Waals surface area contributed by atoms with E-state index in [2.05, 4.69) is 8.92 Å². The molecular formula is C3H11NO4S. The van der Waals surface area contributed by atoms with Gasteiger partial charge in [-0.05, 0) is 6.92 Å². The minimum absolute atomic E-state index is 0. The summed E-state index contributed by atoms with van der Waals surface area (Å²) in [5.41, 5.74) is 0. The standard InChI is InChI=1S/C3H8O4S.H3N/c1-2-6-3-7-8(4)5;/h8H,2-3H2,1H3;1H3. The van der Waals surface area contributed by atoms with Gasteiger partial charge in [-0.3, -0.25) is 0 Å². The highest BCUT2D eigenvalue weighted by Gasteiger charge is 1.81. The third-order valence-corrected chi connectivity index (χ3v) is 0.762. The maximum absolute atomic E-state index is 9.61. The normalized spacial score (nSPS) is 9.11. The first-order valence-electron chi connectivity index (χ1n) is 2.12. The van der Waals surface area contributed by atoms with Gasteiger partial charge in [0.15, 0.2) is 6.79 Å². The van der Waals surface area contributed by atoms with Crippen LogP contribution in [0.2, 0.25) is 0 Å². The van der Waals surface area contributed by atoms with Gasteiger partial charge in [0, 0.05) is 6.61 Å². The summed E-state index contributed by atoms with van der Waals surface area (Å²) in [6.07, 6.45) is 0. The molecule has 0 radical (unpaired) electrons. The summed E-state index contributed by atoms with van der Waals surface area (Å²) in [6, 6.07) is 0. The van der Waals surface area contributed by atoms with Crippen molar-refractivity contribution in [1.29, 1.82) is 0 Å². The summed E-state index contributed by atoms with van der Waals surface area (Å²) < 4.78 is 27.8. The fourth-order valence-corrected chi connectivity index (χ4v) is 0.324. The lowest BCUT2D eigenvalue weighted by atomic mass is 10.9. The molecule has 3 N–H and O–H groups in total. The lowest BCUT2D eigenvalue weighted by molar-refractivity contribution is 0.0299. The predicted octanol–water partition coefficient (Wildman–Crippen LogP) is -0.315. The monoisotopic (exact) mass is 157 g/mol. The Labute approximate surface area is 55.7 Å². The van der Waals surface area contributed by atoms with E-state index in [1.807, 2.05) is 0 Å². The quantitative estimate of drug-likeness (QED) is 0.332. The van der Waals surface area contributed by atoms with Crippen LogP contribution in [-0.4, -0.2) is 21.8 Å². The zero-order valence-corrected chi connectivity index (χ0v) is 6.10. The van der Waals surface area contributed by atoms with Crippen molar-refractivity contribution in [2.24, 2.45) is 0 Å². The molecule has 0 aliphatic carbocycles. The fraction of sp³-hybridized carbons (Fsp3) is 1.00. The first kappa shape index (κ1) is 11.6. The summed E-state index contributed by atoms with van der Waals surface area (Å²) >= 11 is 0. The second kappa shape index (κ2) is 7.83. The van der Waals surface area contributed by atoms with E-state index < -0.39 is 11.0 Å². The molecule has 0 aliphatic heterocycles. The topological polar surface area (TPSA) is 87.6 Å². The molecule has 0 aromatic rings. The van der Waals surface area contributed by atoms with E-state index in [9.17, 15) is 8.42 Å². The van der Waals surface area contributed by atoms with E-state index in [0.29, 0.717) is 6.61 Å². The number of rotatable bonds is 4. The maximum atomic E-state index is 9.61. The van der Waals surface area contributed by atoms with E-state index in [0.717, 1.165) is 0 Å². The maximum Gasteiger partial charge on any atom is 0.259 e. The Hall–Kier alpha value is -0.170. The molecule has 0 unspecified atom stereocenters. The Balaban J connectivity index is 0. The zero-order valence-electron chi connectivity index (χ0n) is 5.20. The minimum Gasteiger partial charge on any atom is -0.354 e. The fourth-order valence-electron chi connectivity index (χ4n) is 0.164. The van der Waals surface area contributed by atoms with Crippen LogP contribution in [0.15, 0.2) is 0 Å². The molecule has 0 saturated carbocycles. The zero-order chi connectivity index (χ0) is 6.41. The Morgan fingerprint density at radius 3 is 2.33 bits per heavy atom. The highest BCUT2D eigenvalue weighted by Crippen LogP contribution is 1.74. The SMILES string of the molecule is CCOCO[SH](=O)=O.N. The van der Waals surface area contributed by atoms with E-state index in [1.54, 1.807) is 6.92 Å². The molecule has 0 heterocycles. The van der Waals surface area contributed by atoms with Crippen molar-refractivity contribution in [1.82, 2.24) is 6.15 Å². The number of hydrogen-bond donors (Lipinski definition) is 2. The second-order valence-electron chi connectivity index (χ2n) is 0.963. The molecule has 0 aromatic carbocycles. The van der Waals surface area contributed by atoms with Gasteiger partial charge in [-0.15, -0.1) is 0 Å². The van der Waals surface area contributed by atoms with Crippen molar-refractivity contribution >= 4 is 11.0 Å². The molecule has 5 nitrogen and oxygen atoms in total. The Bertz CT molecular complexity index is 104. The van der Waals surface area contributed by atoms with Gasteiger partial charge in [0.2, 0.25) is 0 Å². The third-order valence-electron chi connectivity index (χ3n) is 0.446. The summed E-state index contributed by atoms with van der Waals surface area (Å²) in [5.74, 6) is 0. The van der Waals surface area contributed by atoms with E-state index in [4.69, 9.17) is 0 Å². The summed E-state index contributed by atoms with van der Waals surface area (Å²) in [6.45, 7) is 2.04. The van der Waals surface area contributed by atoms with Crippen molar-refractivity contribution in [2.45, 2.75) is 6.92 Å². The highest BCUT2D eigenvalue weighted by molar-refractivity contribution is 7.67. The molecule has 0 aromatic heterocycles. The van der Waals surface area contributed by atoms with Crippen molar-refractivity contribution in [3.05, 3.63) is 0 Å². The first-order valence-corrected chi connectivity index (χ1v) is 3.22. The van der Waals surface area contributed by atoms with Crippen LogP contribution in [0.1, 0.15) is 6.92 Å². The van der Waals surface area contributed by atoms with Crippen LogP contribution in [0.25, 0.3) is 0 Å². The summed E-state index contributed by atoms with van der Waals surface area (Å²) in [4.78, 5) is 0. The molecule has 6 heteroatoms. The average Bonchev–Trinajstić information content (AvgIpc) is 1.66. The molecule has 9 heavy (non-hydrogen) atoms. The lowest BCUT2D eigenvalue weighted by Gasteiger charge is -1.92. The minimum atomic E-state index is -2.74. The van der Waals surface area contributed by atoms with Crippen LogP contribution in [0.3, 0.4) is 0 Å². The largest absolute Gasteiger partial charge is 0.354 e.